The van der Waals surface area contributed by atoms with Gasteiger partial charge in [0.2, 0.25) is 0 Å². The number of pyridine rings is 1. The lowest BCUT2D eigenvalue weighted by atomic mass is 9.89. The molecule has 1 saturated heterocycles. The summed E-state index contributed by atoms with van der Waals surface area (Å²) in [5.41, 5.74) is 6.82. The minimum atomic E-state index is 0.627. The van der Waals surface area contributed by atoms with Crippen molar-refractivity contribution in [2.75, 3.05) is 18.8 Å². The largest absolute Gasteiger partial charge is 0.384 e. The van der Waals surface area contributed by atoms with Gasteiger partial charge in [0.05, 0.1) is 5.69 Å². The van der Waals surface area contributed by atoms with Crippen molar-refractivity contribution in [2.45, 2.75) is 39.7 Å². The van der Waals surface area contributed by atoms with Crippen LogP contribution >= 0.6 is 0 Å². The standard InChI is InChI=1S/C15H25N3/c1-12(2)13-5-4-9-18(10-8-13)11-14-6-3-7-15(16)17-14/h3,6-7,12-13H,4-5,8-11H2,1-2H3,(H2,16,17). The van der Waals surface area contributed by atoms with Crippen molar-refractivity contribution in [1.82, 2.24) is 9.88 Å². The monoisotopic (exact) mass is 247 g/mol. The number of nitrogen functional groups attached to an aromatic ring is 1. The van der Waals surface area contributed by atoms with Gasteiger partial charge < -0.3 is 5.73 Å². The zero-order valence-corrected chi connectivity index (χ0v) is 11.6. The van der Waals surface area contributed by atoms with Crippen molar-refractivity contribution in [3.05, 3.63) is 23.9 Å². The summed E-state index contributed by atoms with van der Waals surface area (Å²) in [5.74, 6) is 2.33. The molecule has 0 spiro atoms. The Morgan fingerprint density at radius 3 is 2.89 bits per heavy atom. The van der Waals surface area contributed by atoms with Gasteiger partial charge in [0, 0.05) is 6.54 Å². The molecule has 100 valence electrons. The van der Waals surface area contributed by atoms with E-state index in [4.69, 9.17) is 5.73 Å². The van der Waals surface area contributed by atoms with Crippen LogP contribution in [0.3, 0.4) is 0 Å². The predicted molar refractivity (Wildman–Crippen MR) is 76.1 cm³/mol. The summed E-state index contributed by atoms with van der Waals surface area (Å²) in [6.45, 7) is 8.02. The Balaban J connectivity index is 1.91. The predicted octanol–water partition coefficient (Wildman–Crippen LogP) is 2.92. The van der Waals surface area contributed by atoms with Crippen LogP contribution in [0.5, 0.6) is 0 Å². The molecule has 0 aliphatic carbocycles. The molecular weight excluding hydrogens is 222 g/mol. The third-order valence-electron chi connectivity index (χ3n) is 4.02. The van der Waals surface area contributed by atoms with Crippen molar-refractivity contribution in [2.24, 2.45) is 11.8 Å². The molecule has 3 nitrogen and oxygen atoms in total. The lowest BCUT2D eigenvalue weighted by molar-refractivity contribution is 0.262. The molecule has 1 atom stereocenters. The highest BCUT2D eigenvalue weighted by Crippen LogP contribution is 2.25. The van der Waals surface area contributed by atoms with Crippen LogP contribution in [0.1, 0.15) is 38.8 Å². The van der Waals surface area contributed by atoms with Gasteiger partial charge in [-0.25, -0.2) is 4.98 Å². The van der Waals surface area contributed by atoms with Gasteiger partial charge in [0.1, 0.15) is 5.82 Å². The van der Waals surface area contributed by atoms with Crippen molar-refractivity contribution in [3.8, 4) is 0 Å². The first-order valence-corrected chi connectivity index (χ1v) is 7.09. The van der Waals surface area contributed by atoms with Crippen molar-refractivity contribution in [3.63, 3.8) is 0 Å². The Kier molecular flexibility index (Phi) is 4.59. The maximum absolute atomic E-state index is 5.73. The Hall–Kier alpha value is -1.09. The number of likely N-dealkylation sites (tertiary alicyclic amines) is 1. The van der Waals surface area contributed by atoms with Crippen LogP contribution in [-0.2, 0) is 6.54 Å². The lowest BCUT2D eigenvalue weighted by Crippen LogP contribution is -2.25. The van der Waals surface area contributed by atoms with Crippen molar-refractivity contribution in [1.29, 1.82) is 0 Å². The molecule has 1 aliphatic heterocycles. The first-order valence-electron chi connectivity index (χ1n) is 7.09. The summed E-state index contributed by atoms with van der Waals surface area (Å²) in [4.78, 5) is 6.91. The quantitative estimate of drug-likeness (QED) is 0.893. The van der Waals surface area contributed by atoms with E-state index in [2.05, 4.69) is 29.8 Å². The molecule has 0 amide bonds. The van der Waals surface area contributed by atoms with Gasteiger partial charge in [0.15, 0.2) is 0 Å². The maximum Gasteiger partial charge on any atom is 0.123 e. The van der Waals surface area contributed by atoms with E-state index in [1.165, 1.54) is 32.4 Å². The van der Waals surface area contributed by atoms with Crippen LogP contribution in [0.2, 0.25) is 0 Å². The molecule has 3 heteroatoms. The number of nitrogens with zero attached hydrogens (tertiary/aromatic N) is 2. The van der Waals surface area contributed by atoms with E-state index in [0.717, 1.165) is 24.1 Å². The van der Waals surface area contributed by atoms with Crippen LogP contribution in [0.4, 0.5) is 5.82 Å². The van der Waals surface area contributed by atoms with E-state index >= 15 is 0 Å². The molecule has 0 aromatic carbocycles. The summed E-state index contributed by atoms with van der Waals surface area (Å²) in [6.07, 6.45) is 4.00. The molecule has 1 aromatic rings. The summed E-state index contributed by atoms with van der Waals surface area (Å²) in [5, 5.41) is 0. The number of hydrogen-bond donors (Lipinski definition) is 1. The Morgan fingerprint density at radius 1 is 1.33 bits per heavy atom. The van der Waals surface area contributed by atoms with E-state index in [-0.39, 0.29) is 0 Å². The third-order valence-corrected chi connectivity index (χ3v) is 4.02. The molecule has 1 aromatic heterocycles. The average molecular weight is 247 g/mol. The van der Waals surface area contributed by atoms with Gasteiger partial charge in [0.25, 0.3) is 0 Å². The summed E-state index contributed by atoms with van der Waals surface area (Å²) < 4.78 is 0. The van der Waals surface area contributed by atoms with Crippen molar-refractivity contribution >= 4 is 5.82 Å². The molecule has 2 heterocycles. The molecule has 1 aliphatic rings. The van der Waals surface area contributed by atoms with Gasteiger partial charge >= 0.3 is 0 Å². The highest BCUT2D eigenvalue weighted by Gasteiger charge is 2.19. The van der Waals surface area contributed by atoms with E-state index in [0.29, 0.717) is 5.82 Å². The fourth-order valence-electron chi connectivity index (χ4n) is 2.82. The molecule has 2 rings (SSSR count). The number of aromatic nitrogens is 1. The Labute approximate surface area is 110 Å². The SMILES string of the molecule is CC(C)C1CCCN(Cc2cccc(N)n2)CC1. The molecule has 0 saturated carbocycles. The second-order valence-corrected chi connectivity index (χ2v) is 5.76. The molecule has 1 fully saturated rings. The average Bonchev–Trinajstić information content (AvgIpc) is 2.55. The summed E-state index contributed by atoms with van der Waals surface area (Å²) in [6, 6.07) is 5.91. The van der Waals surface area contributed by atoms with Crippen LogP contribution in [-0.4, -0.2) is 23.0 Å². The summed E-state index contributed by atoms with van der Waals surface area (Å²) in [7, 11) is 0. The minimum Gasteiger partial charge on any atom is -0.384 e. The second kappa shape index (κ2) is 6.19. The van der Waals surface area contributed by atoms with Gasteiger partial charge in [-0.1, -0.05) is 19.9 Å². The third kappa shape index (κ3) is 3.70. The first-order chi connectivity index (χ1) is 8.65. The maximum atomic E-state index is 5.73. The van der Waals surface area contributed by atoms with Crippen LogP contribution in [0, 0.1) is 11.8 Å². The molecule has 0 bridgehead atoms. The number of nitrogens with two attached hydrogens (primary N) is 1. The molecule has 2 N–H and O–H groups in total. The van der Waals surface area contributed by atoms with Crippen LogP contribution in [0.15, 0.2) is 18.2 Å². The highest BCUT2D eigenvalue weighted by molar-refractivity contribution is 5.28. The van der Waals surface area contributed by atoms with E-state index in [9.17, 15) is 0 Å². The number of hydrogen-bond acceptors (Lipinski definition) is 3. The van der Waals surface area contributed by atoms with Gasteiger partial charge in [-0.2, -0.15) is 0 Å². The minimum absolute atomic E-state index is 0.627. The summed E-state index contributed by atoms with van der Waals surface area (Å²) >= 11 is 0. The smallest absolute Gasteiger partial charge is 0.123 e. The Bertz CT molecular complexity index is 376. The number of anilines is 1. The second-order valence-electron chi connectivity index (χ2n) is 5.76. The van der Waals surface area contributed by atoms with Gasteiger partial charge in [-0.3, -0.25) is 4.90 Å². The normalized spacial score (nSPS) is 22.1. The first kappa shape index (κ1) is 13.3. The van der Waals surface area contributed by atoms with Gasteiger partial charge in [-0.05, 0) is 56.3 Å². The fourth-order valence-corrected chi connectivity index (χ4v) is 2.82. The molecular formula is C15H25N3. The highest BCUT2D eigenvalue weighted by atomic mass is 15.1. The topological polar surface area (TPSA) is 42.1 Å². The van der Waals surface area contributed by atoms with E-state index < -0.39 is 0 Å². The number of rotatable bonds is 3. The molecule has 18 heavy (non-hydrogen) atoms. The van der Waals surface area contributed by atoms with E-state index in [1.54, 1.807) is 0 Å². The zero-order valence-electron chi connectivity index (χ0n) is 11.6. The fraction of sp³-hybridized carbons (Fsp3) is 0.667. The van der Waals surface area contributed by atoms with Crippen LogP contribution in [0.25, 0.3) is 0 Å². The zero-order chi connectivity index (χ0) is 13.0. The van der Waals surface area contributed by atoms with Crippen molar-refractivity contribution < 1.29 is 0 Å². The Morgan fingerprint density at radius 2 is 2.17 bits per heavy atom. The van der Waals surface area contributed by atoms with E-state index in [1.807, 2.05) is 12.1 Å². The molecule has 0 radical (unpaired) electrons. The lowest BCUT2D eigenvalue weighted by Gasteiger charge is -2.21. The van der Waals surface area contributed by atoms with Crippen LogP contribution < -0.4 is 5.73 Å². The molecule has 1 unspecified atom stereocenters. The van der Waals surface area contributed by atoms with Gasteiger partial charge in [-0.15, -0.1) is 0 Å².